The molecule has 0 aliphatic carbocycles. The summed E-state index contributed by atoms with van der Waals surface area (Å²) in [4.78, 5) is 19.5. The first-order valence-corrected chi connectivity index (χ1v) is 6.41. The predicted molar refractivity (Wildman–Crippen MR) is 70.4 cm³/mol. The second-order valence-corrected chi connectivity index (χ2v) is 4.70. The number of hydrogen-bond donors (Lipinski definition) is 0. The van der Waals surface area contributed by atoms with Crippen molar-refractivity contribution in [2.75, 3.05) is 0 Å². The lowest BCUT2D eigenvalue weighted by atomic mass is 10.2. The molecule has 0 fully saturated rings. The van der Waals surface area contributed by atoms with Crippen molar-refractivity contribution in [2.45, 2.75) is 6.92 Å². The second-order valence-electron chi connectivity index (χ2n) is 3.87. The number of rotatable bonds is 3. The van der Waals surface area contributed by atoms with E-state index in [9.17, 15) is 4.79 Å². The van der Waals surface area contributed by atoms with Crippen molar-refractivity contribution in [3.05, 3.63) is 41.3 Å². The van der Waals surface area contributed by atoms with Gasteiger partial charge >= 0.3 is 0 Å². The van der Waals surface area contributed by atoms with Gasteiger partial charge in [-0.1, -0.05) is 5.21 Å². The molecule has 0 bridgehead atoms. The topological polar surface area (TPSA) is 73.6 Å². The molecule has 0 aliphatic rings. The van der Waals surface area contributed by atoms with Crippen LogP contribution in [0, 0.1) is 6.92 Å². The third-order valence-corrected chi connectivity index (χ3v) is 3.47. The van der Waals surface area contributed by atoms with Gasteiger partial charge in [-0.15, -0.1) is 16.4 Å². The lowest BCUT2D eigenvalue weighted by Crippen LogP contribution is -2.00. The summed E-state index contributed by atoms with van der Waals surface area (Å²) in [5.74, 6) is 0. The summed E-state index contributed by atoms with van der Waals surface area (Å²) in [7, 11) is 0. The van der Waals surface area contributed by atoms with Gasteiger partial charge in [0.2, 0.25) is 5.13 Å². The standard InChI is InChI=1S/C12H9N5OS/c1-8-7-19-12(14-8)17-11(10(6-18)15-16-17)9-3-2-4-13-5-9/h2-7H,1H3. The Hall–Kier alpha value is -2.41. The molecule has 0 unspecified atom stereocenters. The van der Waals surface area contributed by atoms with Gasteiger partial charge in [0.1, 0.15) is 5.69 Å². The smallest absolute Gasteiger partial charge is 0.212 e. The SMILES string of the molecule is Cc1csc(-n2nnc(C=O)c2-c2cccnc2)n1. The fourth-order valence-electron chi connectivity index (χ4n) is 1.72. The van der Waals surface area contributed by atoms with Crippen LogP contribution in [-0.2, 0) is 0 Å². The van der Waals surface area contributed by atoms with Crippen LogP contribution in [0.1, 0.15) is 16.2 Å². The summed E-state index contributed by atoms with van der Waals surface area (Å²) in [6.07, 6.45) is 4.03. The number of carbonyl (C=O) groups is 1. The van der Waals surface area contributed by atoms with Crippen LogP contribution in [0.15, 0.2) is 29.9 Å². The molecule has 0 aliphatic heterocycles. The fraction of sp³-hybridized carbons (Fsp3) is 0.0833. The van der Waals surface area contributed by atoms with E-state index in [1.165, 1.54) is 11.3 Å². The maximum Gasteiger partial charge on any atom is 0.212 e. The first-order chi connectivity index (χ1) is 9.29. The van der Waals surface area contributed by atoms with Crippen molar-refractivity contribution in [3.63, 3.8) is 0 Å². The van der Waals surface area contributed by atoms with Crippen LogP contribution in [0.4, 0.5) is 0 Å². The minimum atomic E-state index is 0.279. The Kier molecular flexibility index (Phi) is 2.88. The molecule has 3 aromatic rings. The molecule has 6 nitrogen and oxygen atoms in total. The number of hydrogen-bond acceptors (Lipinski definition) is 6. The molecule has 0 spiro atoms. The van der Waals surface area contributed by atoms with Gasteiger partial charge in [-0.25, -0.2) is 4.98 Å². The van der Waals surface area contributed by atoms with Crippen molar-refractivity contribution >= 4 is 17.6 Å². The molecule has 0 saturated carbocycles. The van der Waals surface area contributed by atoms with Crippen molar-refractivity contribution in [1.29, 1.82) is 0 Å². The van der Waals surface area contributed by atoms with Crippen LogP contribution in [-0.4, -0.2) is 31.2 Å². The molecule has 0 N–H and O–H groups in total. The highest BCUT2D eigenvalue weighted by molar-refractivity contribution is 7.12. The van der Waals surface area contributed by atoms with Gasteiger partial charge in [-0.3, -0.25) is 9.78 Å². The molecule has 7 heteroatoms. The van der Waals surface area contributed by atoms with Gasteiger partial charge in [0.05, 0.1) is 5.69 Å². The van der Waals surface area contributed by atoms with Crippen LogP contribution in [0.25, 0.3) is 16.4 Å². The van der Waals surface area contributed by atoms with Crippen molar-refractivity contribution < 1.29 is 4.79 Å². The molecule has 94 valence electrons. The zero-order valence-electron chi connectivity index (χ0n) is 10.0. The number of nitrogens with zero attached hydrogens (tertiary/aromatic N) is 5. The molecular weight excluding hydrogens is 262 g/mol. The van der Waals surface area contributed by atoms with Gasteiger partial charge in [-0.05, 0) is 19.1 Å². The van der Waals surface area contributed by atoms with Gasteiger partial charge in [0, 0.05) is 23.3 Å². The van der Waals surface area contributed by atoms with Crippen LogP contribution >= 0.6 is 11.3 Å². The summed E-state index contributed by atoms with van der Waals surface area (Å²) < 4.78 is 1.57. The predicted octanol–water partition coefficient (Wildman–Crippen LogP) is 1.91. The average Bonchev–Trinajstić information content (AvgIpc) is 3.05. The summed E-state index contributed by atoms with van der Waals surface area (Å²) in [5, 5.41) is 10.5. The summed E-state index contributed by atoms with van der Waals surface area (Å²) in [5.41, 5.74) is 2.57. The summed E-state index contributed by atoms with van der Waals surface area (Å²) in [6, 6.07) is 3.66. The summed E-state index contributed by atoms with van der Waals surface area (Å²) in [6.45, 7) is 1.90. The van der Waals surface area contributed by atoms with E-state index in [2.05, 4.69) is 20.3 Å². The lowest BCUT2D eigenvalue weighted by molar-refractivity contribution is 0.111. The highest BCUT2D eigenvalue weighted by Gasteiger charge is 2.17. The Bertz CT molecular complexity index is 719. The second kappa shape index (κ2) is 4.69. The molecule has 0 atom stereocenters. The largest absolute Gasteiger partial charge is 0.296 e. The van der Waals surface area contributed by atoms with E-state index < -0.39 is 0 Å². The van der Waals surface area contributed by atoms with Crippen LogP contribution in [0.3, 0.4) is 0 Å². The number of aryl methyl sites for hydroxylation is 1. The maximum atomic E-state index is 11.1. The zero-order valence-corrected chi connectivity index (χ0v) is 10.8. The van der Waals surface area contributed by atoms with Gasteiger partial charge < -0.3 is 0 Å². The molecule has 19 heavy (non-hydrogen) atoms. The monoisotopic (exact) mass is 271 g/mol. The number of carbonyl (C=O) groups excluding carboxylic acids is 1. The molecule has 3 aromatic heterocycles. The molecule has 0 amide bonds. The van der Waals surface area contributed by atoms with E-state index >= 15 is 0 Å². The molecular formula is C12H9N5OS. The number of aldehydes is 1. The van der Waals surface area contributed by atoms with E-state index in [1.54, 1.807) is 23.1 Å². The van der Waals surface area contributed by atoms with Gasteiger partial charge in [0.15, 0.2) is 12.0 Å². The zero-order chi connectivity index (χ0) is 13.2. The third kappa shape index (κ3) is 2.04. The van der Waals surface area contributed by atoms with E-state index in [-0.39, 0.29) is 5.69 Å². The molecule has 3 heterocycles. The Morgan fingerprint density at radius 1 is 1.42 bits per heavy atom. The summed E-state index contributed by atoms with van der Waals surface area (Å²) >= 11 is 1.45. The Morgan fingerprint density at radius 2 is 2.32 bits per heavy atom. The average molecular weight is 271 g/mol. The minimum absolute atomic E-state index is 0.279. The van der Waals surface area contributed by atoms with Crippen LogP contribution in [0.2, 0.25) is 0 Å². The number of pyridine rings is 1. The quantitative estimate of drug-likeness (QED) is 0.680. The van der Waals surface area contributed by atoms with E-state index in [4.69, 9.17) is 0 Å². The Morgan fingerprint density at radius 3 is 2.95 bits per heavy atom. The molecule has 0 aromatic carbocycles. The van der Waals surface area contributed by atoms with E-state index in [0.717, 1.165) is 11.3 Å². The Labute approximate surface area is 112 Å². The highest BCUT2D eigenvalue weighted by Crippen LogP contribution is 2.25. The number of aromatic nitrogens is 5. The van der Waals surface area contributed by atoms with Crippen LogP contribution in [0.5, 0.6) is 0 Å². The van der Waals surface area contributed by atoms with E-state index in [1.807, 2.05) is 18.4 Å². The van der Waals surface area contributed by atoms with Gasteiger partial charge in [0.25, 0.3) is 0 Å². The molecule has 0 radical (unpaired) electrons. The number of thiazole rings is 1. The van der Waals surface area contributed by atoms with Gasteiger partial charge in [-0.2, -0.15) is 4.68 Å². The van der Waals surface area contributed by atoms with Crippen molar-refractivity contribution in [3.8, 4) is 16.4 Å². The fourth-order valence-corrected chi connectivity index (χ4v) is 2.47. The first kappa shape index (κ1) is 11.7. The lowest BCUT2D eigenvalue weighted by Gasteiger charge is -2.02. The maximum absolute atomic E-state index is 11.1. The van der Waals surface area contributed by atoms with Crippen molar-refractivity contribution in [2.24, 2.45) is 0 Å². The minimum Gasteiger partial charge on any atom is -0.296 e. The first-order valence-electron chi connectivity index (χ1n) is 5.53. The molecule has 0 saturated heterocycles. The third-order valence-electron chi connectivity index (χ3n) is 2.53. The van der Waals surface area contributed by atoms with E-state index in [0.29, 0.717) is 17.1 Å². The molecule has 3 rings (SSSR count). The Balaban J connectivity index is 2.22. The van der Waals surface area contributed by atoms with Crippen LogP contribution < -0.4 is 0 Å². The highest BCUT2D eigenvalue weighted by atomic mass is 32.1. The normalized spacial score (nSPS) is 10.6. The van der Waals surface area contributed by atoms with Crippen molar-refractivity contribution in [1.82, 2.24) is 25.0 Å².